The predicted octanol–water partition coefficient (Wildman–Crippen LogP) is 3.07. The topological polar surface area (TPSA) is 42.3 Å². The van der Waals surface area contributed by atoms with Crippen molar-refractivity contribution in [3.05, 3.63) is 47.8 Å². The van der Waals surface area contributed by atoms with Gasteiger partial charge >= 0.3 is 6.18 Å². The molecule has 2 aromatic rings. The number of halogens is 5. The minimum atomic E-state index is -4.50. The second-order valence-electron chi connectivity index (χ2n) is 6.26. The standard InChI is InChI=1S/C17H20F4N4O.ClH/c1-24-6-5-23-16(24)14-9-22-4-7-25(14)10-12-2-3-15(13(18)8-12)26-11-17(19,20)21;/h2-3,5-6,8,14,22H,4,7,9-11H2,1H3;1H. The first-order chi connectivity index (χ1) is 12.3. The molecule has 0 spiro atoms. The molecule has 0 aliphatic carbocycles. The van der Waals surface area contributed by atoms with Gasteiger partial charge < -0.3 is 14.6 Å². The Morgan fingerprint density at radius 2 is 2.11 bits per heavy atom. The lowest BCUT2D eigenvalue weighted by atomic mass is 10.1. The van der Waals surface area contributed by atoms with Crippen LogP contribution in [-0.4, -0.2) is 46.9 Å². The monoisotopic (exact) mass is 408 g/mol. The zero-order valence-corrected chi connectivity index (χ0v) is 15.5. The number of ether oxygens (including phenoxy) is 1. The van der Waals surface area contributed by atoms with Crippen molar-refractivity contribution in [1.82, 2.24) is 19.8 Å². The van der Waals surface area contributed by atoms with Crippen LogP contribution in [0.5, 0.6) is 5.75 Å². The van der Waals surface area contributed by atoms with Crippen molar-refractivity contribution in [2.45, 2.75) is 18.8 Å². The average Bonchev–Trinajstić information content (AvgIpc) is 3.00. The van der Waals surface area contributed by atoms with E-state index in [4.69, 9.17) is 0 Å². The van der Waals surface area contributed by atoms with Gasteiger partial charge in [-0.3, -0.25) is 4.90 Å². The first-order valence-corrected chi connectivity index (χ1v) is 8.23. The molecule has 0 bridgehead atoms. The Morgan fingerprint density at radius 1 is 1.33 bits per heavy atom. The van der Waals surface area contributed by atoms with Crippen molar-refractivity contribution in [3.8, 4) is 5.75 Å². The summed E-state index contributed by atoms with van der Waals surface area (Å²) in [5.41, 5.74) is 0.669. The van der Waals surface area contributed by atoms with E-state index in [-0.39, 0.29) is 18.4 Å². The van der Waals surface area contributed by atoms with Crippen LogP contribution in [0.4, 0.5) is 17.6 Å². The van der Waals surface area contributed by atoms with Gasteiger partial charge in [0.05, 0.1) is 6.04 Å². The van der Waals surface area contributed by atoms with Crippen LogP contribution in [0, 0.1) is 5.82 Å². The van der Waals surface area contributed by atoms with Crippen LogP contribution in [0.25, 0.3) is 0 Å². The second kappa shape index (κ2) is 8.90. The van der Waals surface area contributed by atoms with Gasteiger partial charge in [0.1, 0.15) is 5.82 Å². The molecule has 1 fully saturated rings. The third kappa shape index (κ3) is 5.57. The van der Waals surface area contributed by atoms with Crippen LogP contribution in [0.15, 0.2) is 30.6 Å². The normalized spacial score (nSPS) is 18.2. The Morgan fingerprint density at radius 3 is 2.74 bits per heavy atom. The van der Waals surface area contributed by atoms with Gasteiger partial charge in [0.25, 0.3) is 0 Å². The molecule has 2 heterocycles. The summed E-state index contributed by atoms with van der Waals surface area (Å²) in [6.45, 7) is 1.24. The van der Waals surface area contributed by atoms with Gasteiger partial charge in [0.2, 0.25) is 0 Å². The fourth-order valence-corrected chi connectivity index (χ4v) is 3.04. The number of aromatic nitrogens is 2. The quantitative estimate of drug-likeness (QED) is 0.772. The Balaban J connectivity index is 0.00000261. The summed E-state index contributed by atoms with van der Waals surface area (Å²) in [5.74, 6) is -0.287. The molecule has 1 unspecified atom stereocenters. The molecule has 10 heteroatoms. The minimum Gasteiger partial charge on any atom is -0.481 e. The van der Waals surface area contributed by atoms with Crippen LogP contribution >= 0.6 is 12.4 Å². The van der Waals surface area contributed by atoms with Gasteiger partial charge in [-0.15, -0.1) is 12.4 Å². The number of hydrogen-bond donors (Lipinski definition) is 1. The third-order valence-electron chi connectivity index (χ3n) is 4.28. The highest BCUT2D eigenvalue weighted by Crippen LogP contribution is 2.26. The maximum atomic E-state index is 14.1. The van der Waals surface area contributed by atoms with Gasteiger partial charge in [-0.1, -0.05) is 6.07 Å². The molecule has 1 aromatic carbocycles. The molecule has 1 atom stereocenters. The number of alkyl halides is 3. The lowest BCUT2D eigenvalue weighted by molar-refractivity contribution is -0.153. The molecule has 150 valence electrons. The zero-order valence-electron chi connectivity index (χ0n) is 14.7. The summed E-state index contributed by atoms with van der Waals surface area (Å²) < 4.78 is 57.1. The summed E-state index contributed by atoms with van der Waals surface area (Å²) in [6.07, 6.45) is -0.898. The van der Waals surface area contributed by atoms with Crippen molar-refractivity contribution >= 4 is 12.4 Å². The Hall–Kier alpha value is -1.84. The van der Waals surface area contributed by atoms with Crippen LogP contribution in [-0.2, 0) is 13.6 Å². The summed E-state index contributed by atoms with van der Waals surface area (Å²) in [7, 11) is 1.92. The molecule has 0 saturated carbocycles. The van der Waals surface area contributed by atoms with Crippen LogP contribution in [0.2, 0.25) is 0 Å². The van der Waals surface area contributed by atoms with Gasteiger partial charge in [-0.2, -0.15) is 13.2 Å². The van der Waals surface area contributed by atoms with Crippen molar-refractivity contribution in [2.75, 3.05) is 26.2 Å². The molecule has 27 heavy (non-hydrogen) atoms. The number of hydrogen-bond acceptors (Lipinski definition) is 4. The fourth-order valence-electron chi connectivity index (χ4n) is 3.04. The maximum absolute atomic E-state index is 14.1. The molecule has 0 radical (unpaired) electrons. The van der Waals surface area contributed by atoms with Gasteiger partial charge in [-0.25, -0.2) is 9.37 Å². The van der Waals surface area contributed by atoms with E-state index in [2.05, 4.69) is 19.9 Å². The van der Waals surface area contributed by atoms with E-state index in [9.17, 15) is 17.6 Å². The molecular formula is C17H21ClF4N4O. The highest BCUT2D eigenvalue weighted by atomic mass is 35.5. The van der Waals surface area contributed by atoms with E-state index in [1.807, 2.05) is 17.8 Å². The highest BCUT2D eigenvalue weighted by molar-refractivity contribution is 5.85. The lowest BCUT2D eigenvalue weighted by Crippen LogP contribution is -2.46. The maximum Gasteiger partial charge on any atom is 0.422 e. The van der Waals surface area contributed by atoms with Crippen LogP contribution < -0.4 is 10.1 Å². The molecule has 5 nitrogen and oxygen atoms in total. The van der Waals surface area contributed by atoms with Crippen LogP contribution in [0.3, 0.4) is 0 Å². The molecular weight excluding hydrogens is 388 g/mol. The molecule has 0 amide bonds. The summed E-state index contributed by atoms with van der Waals surface area (Å²) in [4.78, 5) is 6.56. The van der Waals surface area contributed by atoms with Crippen molar-refractivity contribution < 1.29 is 22.3 Å². The SMILES string of the molecule is Cl.Cn1ccnc1C1CNCCN1Cc1ccc(OCC(F)(F)F)c(F)c1. The summed E-state index contributed by atoms with van der Waals surface area (Å²) in [5, 5.41) is 3.32. The van der Waals surface area contributed by atoms with Gasteiger partial charge in [0, 0.05) is 45.6 Å². The first kappa shape index (κ1) is 21.5. The zero-order chi connectivity index (χ0) is 18.7. The number of rotatable bonds is 5. The van der Waals surface area contributed by atoms with Gasteiger partial charge in [-0.05, 0) is 17.7 Å². The Bertz CT molecular complexity index is 753. The number of nitrogens with zero attached hydrogens (tertiary/aromatic N) is 3. The molecule has 3 rings (SSSR count). The summed E-state index contributed by atoms with van der Waals surface area (Å²) >= 11 is 0. The molecule has 1 N–H and O–H groups in total. The van der Waals surface area contributed by atoms with E-state index in [1.165, 1.54) is 12.1 Å². The van der Waals surface area contributed by atoms with E-state index in [0.717, 1.165) is 25.5 Å². The molecule has 1 aliphatic heterocycles. The van der Waals surface area contributed by atoms with Crippen molar-refractivity contribution in [1.29, 1.82) is 0 Å². The van der Waals surface area contributed by atoms with E-state index >= 15 is 0 Å². The van der Waals surface area contributed by atoms with E-state index < -0.39 is 24.3 Å². The number of imidazole rings is 1. The van der Waals surface area contributed by atoms with E-state index in [0.29, 0.717) is 12.1 Å². The minimum absolute atomic E-state index is 0. The number of nitrogens with one attached hydrogen (secondary N) is 1. The van der Waals surface area contributed by atoms with Crippen molar-refractivity contribution in [3.63, 3.8) is 0 Å². The molecule has 1 aliphatic rings. The van der Waals surface area contributed by atoms with Crippen LogP contribution in [0.1, 0.15) is 17.4 Å². The number of piperazine rings is 1. The number of benzene rings is 1. The van der Waals surface area contributed by atoms with Gasteiger partial charge in [0.15, 0.2) is 18.2 Å². The molecule has 1 saturated heterocycles. The Kier molecular flexibility index (Phi) is 7.07. The van der Waals surface area contributed by atoms with Crippen molar-refractivity contribution in [2.24, 2.45) is 7.05 Å². The largest absolute Gasteiger partial charge is 0.481 e. The molecule has 1 aromatic heterocycles. The predicted molar refractivity (Wildman–Crippen MR) is 94.4 cm³/mol. The fraction of sp³-hybridized carbons (Fsp3) is 0.471. The highest BCUT2D eigenvalue weighted by Gasteiger charge is 2.29. The number of aryl methyl sites for hydroxylation is 1. The summed E-state index contributed by atoms with van der Waals surface area (Å²) in [6, 6.07) is 4.09. The van der Waals surface area contributed by atoms with E-state index in [1.54, 1.807) is 12.3 Å². The Labute approximate surface area is 160 Å². The third-order valence-corrected chi connectivity index (χ3v) is 4.28. The lowest BCUT2D eigenvalue weighted by Gasteiger charge is -2.35. The second-order valence-corrected chi connectivity index (χ2v) is 6.26. The average molecular weight is 409 g/mol. The smallest absolute Gasteiger partial charge is 0.422 e. The first-order valence-electron chi connectivity index (χ1n) is 8.23.